The summed E-state index contributed by atoms with van der Waals surface area (Å²) in [5.74, 6) is 1.88. The SMILES string of the molecule is CCc1ccc(Nc2cc(Oc3ccc4ccccc4c3)nc(Cc3ccc4ccccc4c3)n2)cc1S(=O)(=O)[O-].[Na+]. The predicted octanol–water partition coefficient (Wildman–Crippen LogP) is 4.38. The number of ether oxygens (including phenoxy) is 1. The number of hydrogen-bond donors (Lipinski definition) is 1. The van der Waals surface area contributed by atoms with Gasteiger partial charge in [-0.3, -0.25) is 0 Å². The van der Waals surface area contributed by atoms with Crippen LogP contribution < -0.4 is 39.6 Å². The average molecular weight is 584 g/mol. The molecule has 1 heterocycles. The molecule has 0 saturated carbocycles. The van der Waals surface area contributed by atoms with E-state index in [1.54, 1.807) is 25.1 Å². The molecular formula is C33H26N3NaO4S. The standard InChI is InChI=1S/C33H27N3O4S.Na/c1-2-23-13-15-28(20-30(23)41(37,38)39)34-32-21-33(40-29-16-14-25-8-4-6-10-27(25)19-29)36-31(35-32)18-22-11-12-24-7-3-5-9-26(24)17-22;/h3-17,19-21H,2,18H2,1H3,(H,34,35,36)(H,37,38,39);/q;+1/p-1. The van der Waals surface area contributed by atoms with E-state index >= 15 is 0 Å². The first-order valence-corrected chi connectivity index (χ1v) is 14.6. The number of nitrogens with zero attached hydrogens (tertiary/aromatic N) is 2. The van der Waals surface area contributed by atoms with Crippen LogP contribution in [0.2, 0.25) is 0 Å². The van der Waals surface area contributed by atoms with Crippen LogP contribution in [0.15, 0.2) is 114 Å². The third-order valence-electron chi connectivity index (χ3n) is 6.86. The van der Waals surface area contributed by atoms with Crippen LogP contribution in [0.25, 0.3) is 21.5 Å². The van der Waals surface area contributed by atoms with Gasteiger partial charge in [0.1, 0.15) is 27.5 Å². The second-order valence-electron chi connectivity index (χ2n) is 9.73. The topological polar surface area (TPSA) is 104 Å². The summed E-state index contributed by atoms with van der Waals surface area (Å²) >= 11 is 0. The molecule has 9 heteroatoms. The van der Waals surface area contributed by atoms with Crippen LogP contribution in [0.5, 0.6) is 11.6 Å². The predicted molar refractivity (Wildman–Crippen MR) is 160 cm³/mol. The van der Waals surface area contributed by atoms with Gasteiger partial charge in [0.05, 0.1) is 4.90 Å². The third kappa shape index (κ3) is 6.81. The molecule has 0 fully saturated rings. The van der Waals surface area contributed by atoms with E-state index in [9.17, 15) is 13.0 Å². The largest absolute Gasteiger partial charge is 1.00 e. The van der Waals surface area contributed by atoms with Crippen LogP contribution in [0.1, 0.15) is 23.9 Å². The van der Waals surface area contributed by atoms with Gasteiger partial charge in [-0.05, 0) is 63.4 Å². The normalized spacial score (nSPS) is 11.3. The molecule has 0 saturated heterocycles. The molecule has 7 nitrogen and oxygen atoms in total. The van der Waals surface area contributed by atoms with Gasteiger partial charge < -0.3 is 14.6 Å². The monoisotopic (exact) mass is 583 g/mol. The molecule has 1 N–H and O–H groups in total. The number of anilines is 2. The zero-order valence-corrected chi connectivity index (χ0v) is 26.1. The Balaban J connectivity index is 0.00000353. The summed E-state index contributed by atoms with van der Waals surface area (Å²) in [6, 6.07) is 34.5. The smallest absolute Gasteiger partial charge is 0.744 e. The molecule has 0 spiro atoms. The van der Waals surface area contributed by atoms with Gasteiger partial charge in [0.25, 0.3) is 0 Å². The number of aromatic nitrogens is 2. The Bertz CT molecular complexity index is 1920. The Morgan fingerprint density at radius 1 is 0.762 bits per heavy atom. The van der Waals surface area contributed by atoms with E-state index in [2.05, 4.69) is 29.6 Å². The maximum Gasteiger partial charge on any atom is 1.00 e. The minimum absolute atomic E-state index is 0. The number of aryl methyl sites for hydroxylation is 1. The van der Waals surface area contributed by atoms with Crippen molar-refractivity contribution < 1.29 is 47.3 Å². The van der Waals surface area contributed by atoms with Gasteiger partial charge in [0.15, 0.2) is 0 Å². The van der Waals surface area contributed by atoms with Crippen LogP contribution >= 0.6 is 0 Å². The van der Waals surface area contributed by atoms with Gasteiger partial charge >= 0.3 is 29.6 Å². The van der Waals surface area contributed by atoms with Gasteiger partial charge in [-0.15, -0.1) is 0 Å². The van der Waals surface area contributed by atoms with Gasteiger partial charge in [0.2, 0.25) is 5.88 Å². The van der Waals surface area contributed by atoms with Crippen molar-refractivity contribution in [2.75, 3.05) is 5.32 Å². The summed E-state index contributed by atoms with van der Waals surface area (Å²) in [7, 11) is -4.64. The van der Waals surface area contributed by atoms with E-state index in [0.29, 0.717) is 47.4 Å². The van der Waals surface area contributed by atoms with Gasteiger partial charge in [-0.1, -0.05) is 85.8 Å². The fourth-order valence-corrected chi connectivity index (χ4v) is 5.66. The van der Waals surface area contributed by atoms with Crippen LogP contribution in [0, 0.1) is 0 Å². The number of hydrogen-bond acceptors (Lipinski definition) is 7. The first-order valence-electron chi connectivity index (χ1n) is 13.2. The molecule has 0 radical (unpaired) electrons. The average Bonchev–Trinajstić information content (AvgIpc) is 2.96. The fourth-order valence-electron chi connectivity index (χ4n) is 4.86. The Labute approximate surface area is 266 Å². The molecule has 0 aliphatic heterocycles. The molecule has 5 aromatic carbocycles. The molecule has 0 aliphatic rings. The Morgan fingerprint density at radius 2 is 1.43 bits per heavy atom. The van der Waals surface area contributed by atoms with Crippen molar-refractivity contribution in [3.63, 3.8) is 0 Å². The van der Waals surface area contributed by atoms with Crippen LogP contribution in [-0.4, -0.2) is 22.9 Å². The Hall–Kier alpha value is -3.79. The first kappa shape index (κ1) is 29.7. The summed E-state index contributed by atoms with van der Waals surface area (Å²) in [5.41, 5.74) is 1.92. The van der Waals surface area contributed by atoms with Gasteiger partial charge in [-0.2, -0.15) is 4.98 Å². The minimum Gasteiger partial charge on any atom is -0.744 e. The molecular weight excluding hydrogens is 557 g/mol. The number of nitrogens with one attached hydrogen (secondary N) is 1. The first-order chi connectivity index (χ1) is 19.8. The van der Waals surface area contributed by atoms with Crippen LogP contribution in [0.4, 0.5) is 11.5 Å². The van der Waals surface area contributed by atoms with E-state index in [4.69, 9.17) is 14.7 Å². The minimum atomic E-state index is -4.64. The third-order valence-corrected chi connectivity index (χ3v) is 7.78. The van der Waals surface area contributed by atoms with E-state index in [0.717, 1.165) is 27.1 Å². The van der Waals surface area contributed by atoms with Gasteiger partial charge in [-0.25, -0.2) is 13.4 Å². The van der Waals surface area contributed by atoms with Crippen LogP contribution in [-0.2, 0) is 23.0 Å². The molecule has 0 unspecified atom stereocenters. The molecule has 0 amide bonds. The maximum absolute atomic E-state index is 11.9. The molecule has 1 aromatic heterocycles. The fraction of sp³-hybridized carbons (Fsp3) is 0.0909. The van der Waals surface area contributed by atoms with E-state index < -0.39 is 10.1 Å². The molecule has 204 valence electrons. The molecule has 0 aliphatic carbocycles. The van der Waals surface area contributed by atoms with Gasteiger partial charge in [0, 0.05) is 18.2 Å². The van der Waals surface area contributed by atoms with E-state index in [1.165, 1.54) is 6.07 Å². The summed E-state index contributed by atoms with van der Waals surface area (Å²) < 4.78 is 41.9. The van der Waals surface area contributed by atoms with Crippen molar-refractivity contribution in [2.45, 2.75) is 24.7 Å². The second kappa shape index (κ2) is 12.6. The molecule has 6 aromatic rings. The maximum atomic E-state index is 11.9. The van der Waals surface area contributed by atoms with Crippen molar-refractivity contribution in [1.29, 1.82) is 0 Å². The Morgan fingerprint density at radius 3 is 2.12 bits per heavy atom. The van der Waals surface area contributed by atoms with E-state index in [-0.39, 0.29) is 34.5 Å². The molecule has 0 bridgehead atoms. The van der Waals surface area contributed by atoms with Crippen molar-refractivity contribution >= 4 is 43.2 Å². The quantitative estimate of drug-likeness (QED) is 0.210. The van der Waals surface area contributed by atoms with Crippen molar-refractivity contribution in [1.82, 2.24) is 9.97 Å². The van der Waals surface area contributed by atoms with Crippen molar-refractivity contribution in [3.05, 3.63) is 126 Å². The molecule has 42 heavy (non-hydrogen) atoms. The molecule has 0 atom stereocenters. The summed E-state index contributed by atoms with van der Waals surface area (Å²) in [5, 5.41) is 7.55. The van der Waals surface area contributed by atoms with E-state index in [1.807, 2.05) is 60.7 Å². The molecule has 6 rings (SSSR count). The zero-order valence-electron chi connectivity index (χ0n) is 23.2. The summed E-state index contributed by atoms with van der Waals surface area (Å²) in [4.78, 5) is 9.14. The second-order valence-corrected chi connectivity index (χ2v) is 11.1. The van der Waals surface area contributed by atoms with Crippen LogP contribution in [0.3, 0.4) is 0 Å². The zero-order chi connectivity index (χ0) is 28.4. The Kier molecular flexibility index (Phi) is 8.91. The number of benzene rings is 5. The summed E-state index contributed by atoms with van der Waals surface area (Å²) in [6.07, 6.45) is 0.869. The summed E-state index contributed by atoms with van der Waals surface area (Å²) in [6.45, 7) is 1.80. The van der Waals surface area contributed by atoms with Crippen molar-refractivity contribution in [2.24, 2.45) is 0 Å². The number of rotatable bonds is 8. The number of fused-ring (bicyclic) bond motifs is 2. The van der Waals surface area contributed by atoms with Crippen molar-refractivity contribution in [3.8, 4) is 11.6 Å².